The highest BCUT2D eigenvalue weighted by Crippen LogP contribution is 2.59. The molecule has 0 bridgehead atoms. The number of likely N-dealkylation sites (tertiary alicyclic amines) is 1. The Morgan fingerprint density at radius 1 is 1.24 bits per heavy atom. The molecule has 1 saturated carbocycles. The number of rotatable bonds is 3. The van der Waals surface area contributed by atoms with Gasteiger partial charge >= 0.3 is 6.03 Å². The number of urea groups is 1. The molecule has 3 aliphatic rings. The third kappa shape index (κ3) is 3.26. The maximum Gasteiger partial charge on any atom is 0.318 e. The highest BCUT2D eigenvalue weighted by molar-refractivity contribution is 5.92. The third-order valence-corrected chi connectivity index (χ3v) is 6.86. The molecular weight excluding hydrogens is 370 g/mol. The predicted molar refractivity (Wildman–Crippen MR) is 104 cm³/mol. The van der Waals surface area contributed by atoms with E-state index in [0.29, 0.717) is 37.0 Å². The van der Waals surface area contributed by atoms with Crippen molar-refractivity contribution in [3.63, 3.8) is 0 Å². The lowest BCUT2D eigenvalue weighted by atomic mass is 9.90. The Morgan fingerprint density at radius 2 is 2.03 bits per heavy atom. The molecule has 29 heavy (non-hydrogen) atoms. The molecule has 0 radical (unpaired) electrons. The third-order valence-electron chi connectivity index (χ3n) is 6.86. The molecular formula is C21H25N5O3. The van der Waals surface area contributed by atoms with E-state index in [0.717, 1.165) is 37.9 Å². The van der Waals surface area contributed by atoms with E-state index in [-0.39, 0.29) is 17.4 Å². The van der Waals surface area contributed by atoms with Gasteiger partial charge in [-0.25, -0.2) is 9.78 Å². The van der Waals surface area contributed by atoms with Crippen molar-refractivity contribution in [2.24, 2.45) is 11.3 Å². The number of nitrogens with one attached hydrogen (secondary N) is 1. The van der Waals surface area contributed by atoms with Crippen LogP contribution in [0.25, 0.3) is 0 Å². The lowest BCUT2D eigenvalue weighted by Crippen LogP contribution is -2.41. The largest absolute Gasteiger partial charge is 0.438 e. The van der Waals surface area contributed by atoms with E-state index in [1.807, 2.05) is 22.1 Å². The van der Waals surface area contributed by atoms with Crippen LogP contribution >= 0.6 is 0 Å². The first-order chi connectivity index (χ1) is 14.1. The monoisotopic (exact) mass is 395 g/mol. The number of carbonyl (C=O) groups excluding carboxylic acids is 2. The zero-order chi connectivity index (χ0) is 20.0. The predicted octanol–water partition coefficient (Wildman–Crippen LogP) is 2.35. The summed E-state index contributed by atoms with van der Waals surface area (Å²) < 4.78 is 5.25. The molecule has 152 valence electrons. The summed E-state index contributed by atoms with van der Waals surface area (Å²) in [7, 11) is 0. The average molecular weight is 395 g/mol. The van der Waals surface area contributed by atoms with Gasteiger partial charge in [0.1, 0.15) is 0 Å². The van der Waals surface area contributed by atoms with Gasteiger partial charge in [0.2, 0.25) is 5.76 Å². The maximum absolute atomic E-state index is 12.6. The fourth-order valence-corrected chi connectivity index (χ4v) is 4.82. The van der Waals surface area contributed by atoms with E-state index in [2.05, 4.69) is 15.3 Å². The SMILES string of the molecule is Cc1ncoc1C(=O)N1CCC2(CC1)CC2CNC(=O)N1Cc2ccncc2C1. The Bertz CT molecular complexity index is 922. The number of aromatic nitrogens is 2. The van der Waals surface area contributed by atoms with Crippen LogP contribution in [0.15, 0.2) is 29.3 Å². The number of amides is 3. The molecule has 1 N–H and O–H groups in total. The fourth-order valence-electron chi connectivity index (χ4n) is 4.82. The molecule has 3 amide bonds. The first kappa shape index (κ1) is 18.1. The molecule has 1 unspecified atom stereocenters. The van der Waals surface area contributed by atoms with Crippen molar-refractivity contribution in [2.75, 3.05) is 19.6 Å². The van der Waals surface area contributed by atoms with Gasteiger partial charge < -0.3 is 19.5 Å². The number of oxazole rings is 1. The van der Waals surface area contributed by atoms with Crippen LogP contribution < -0.4 is 5.32 Å². The van der Waals surface area contributed by atoms with Gasteiger partial charge in [0, 0.05) is 45.1 Å². The molecule has 1 spiro atoms. The Morgan fingerprint density at radius 3 is 2.76 bits per heavy atom. The van der Waals surface area contributed by atoms with E-state index in [1.54, 1.807) is 13.1 Å². The number of nitrogens with zero attached hydrogens (tertiary/aromatic N) is 4. The van der Waals surface area contributed by atoms with Gasteiger partial charge in [-0.3, -0.25) is 9.78 Å². The van der Waals surface area contributed by atoms with Crippen LogP contribution in [0.3, 0.4) is 0 Å². The number of hydrogen-bond donors (Lipinski definition) is 1. The zero-order valence-corrected chi connectivity index (χ0v) is 16.6. The van der Waals surface area contributed by atoms with Crippen molar-refractivity contribution >= 4 is 11.9 Å². The summed E-state index contributed by atoms with van der Waals surface area (Å²) in [6.45, 7) is 5.24. The first-order valence-electron chi connectivity index (χ1n) is 10.2. The van der Waals surface area contributed by atoms with Gasteiger partial charge in [0.15, 0.2) is 6.39 Å². The van der Waals surface area contributed by atoms with Crippen molar-refractivity contribution in [3.05, 3.63) is 47.4 Å². The van der Waals surface area contributed by atoms with E-state index >= 15 is 0 Å². The summed E-state index contributed by atoms with van der Waals surface area (Å²) in [4.78, 5) is 37.0. The summed E-state index contributed by atoms with van der Waals surface area (Å²) in [5, 5.41) is 3.12. The van der Waals surface area contributed by atoms with Crippen molar-refractivity contribution < 1.29 is 14.0 Å². The van der Waals surface area contributed by atoms with Crippen LogP contribution in [0.4, 0.5) is 4.79 Å². The van der Waals surface area contributed by atoms with Gasteiger partial charge in [-0.2, -0.15) is 0 Å². The molecule has 4 heterocycles. The minimum Gasteiger partial charge on any atom is -0.438 e. The summed E-state index contributed by atoms with van der Waals surface area (Å²) in [5.41, 5.74) is 3.22. The van der Waals surface area contributed by atoms with Crippen LogP contribution in [0.1, 0.15) is 46.6 Å². The van der Waals surface area contributed by atoms with Gasteiger partial charge in [-0.15, -0.1) is 0 Å². The van der Waals surface area contributed by atoms with Crippen LogP contribution in [0, 0.1) is 18.3 Å². The van der Waals surface area contributed by atoms with Gasteiger partial charge in [0.25, 0.3) is 5.91 Å². The molecule has 8 heteroatoms. The maximum atomic E-state index is 12.6. The first-order valence-corrected chi connectivity index (χ1v) is 10.2. The van der Waals surface area contributed by atoms with E-state index < -0.39 is 0 Å². The second-order valence-electron chi connectivity index (χ2n) is 8.51. The second-order valence-corrected chi connectivity index (χ2v) is 8.51. The molecule has 1 atom stereocenters. The Balaban J connectivity index is 1.09. The Labute approximate surface area is 169 Å². The number of fused-ring (bicyclic) bond motifs is 1. The van der Waals surface area contributed by atoms with Crippen LogP contribution in [-0.2, 0) is 13.1 Å². The molecule has 5 rings (SSSR count). The average Bonchev–Trinajstić information content (AvgIpc) is 3.08. The van der Waals surface area contributed by atoms with Crippen molar-refractivity contribution in [1.29, 1.82) is 0 Å². The fraction of sp³-hybridized carbons (Fsp3) is 0.524. The Hall–Kier alpha value is -2.90. The normalized spacial score (nSPS) is 21.9. The molecule has 2 aliphatic heterocycles. The number of aryl methyl sites for hydroxylation is 1. The van der Waals surface area contributed by atoms with Gasteiger partial charge in [-0.05, 0) is 54.7 Å². The molecule has 2 aromatic rings. The molecule has 1 aliphatic carbocycles. The van der Waals surface area contributed by atoms with Crippen molar-refractivity contribution in [2.45, 2.75) is 39.3 Å². The molecule has 2 fully saturated rings. The molecule has 2 aromatic heterocycles. The minimum absolute atomic E-state index is 0.00309. The summed E-state index contributed by atoms with van der Waals surface area (Å²) >= 11 is 0. The van der Waals surface area contributed by atoms with Crippen LogP contribution in [0.2, 0.25) is 0 Å². The van der Waals surface area contributed by atoms with E-state index in [9.17, 15) is 9.59 Å². The van der Waals surface area contributed by atoms with Crippen LogP contribution in [0.5, 0.6) is 0 Å². The van der Waals surface area contributed by atoms with Crippen LogP contribution in [-0.4, -0.2) is 51.3 Å². The second kappa shape index (κ2) is 6.86. The number of piperidine rings is 1. The Kier molecular flexibility index (Phi) is 4.29. The molecule has 0 aromatic carbocycles. The lowest BCUT2D eigenvalue weighted by molar-refractivity contribution is 0.0636. The van der Waals surface area contributed by atoms with Gasteiger partial charge in [0.05, 0.1) is 5.69 Å². The van der Waals surface area contributed by atoms with E-state index in [4.69, 9.17) is 4.42 Å². The summed E-state index contributed by atoms with van der Waals surface area (Å²) in [6.07, 6.45) is 8.02. The topological polar surface area (TPSA) is 91.6 Å². The molecule has 1 saturated heterocycles. The standard InChI is InChI=1S/C21H25N5O3/c1-14-18(29-13-24-14)19(27)25-6-3-21(4-7-25)8-17(21)10-23-20(28)26-11-15-2-5-22-9-16(15)12-26/h2,5,9,13,17H,3-4,6-8,10-12H2,1H3,(H,23,28). The number of hydrogen-bond acceptors (Lipinski definition) is 5. The molecule has 8 nitrogen and oxygen atoms in total. The summed E-state index contributed by atoms with van der Waals surface area (Å²) in [6, 6.07) is 1.98. The number of carbonyl (C=O) groups is 2. The van der Waals surface area contributed by atoms with E-state index in [1.165, 1.54) is 12.0 Å². The highest BCUT2D eigenvalue weighted by Gasteiger charge is 2.55. The number of pyridine rings is 1. The quantitative estimate of drug-likeness (QED) is 0.861. The van der Waals surface area contributed by atoms with Crippen molar-refractivity contribution in [1.82, 2.24) is 25.1 Å². The minimum atomic E-state index is -0.0663. The smallest absolute Gasteiger partial charge is 0.318 e. The highest BCUT2D eigenvalue weighted by atomic mass is 16.3. The van der Waals surface area contributed by atoms with Gasteiger partial charge in [-0.1, -0.05) is 0 Å². The lowest BCUT2D eigenvalue weighted by Gasteiger charge is -2.32. The van der Waals surface area contributed by atoms with Crippen molar-refractivity contribution in [3.8, 4) is 0 Å². The zero-order valence-electron chi connectivity index (χ0n) is 16.6. The summed E-state index contributed by atoms with van der Waals surface area (Å²) in [5.74, 6) is 0.785.